The number of nitro groups is 1. The highest BCUT2D eigenvalue weighted by Gasteiger charge is 2.14. The number of nitro benzene ring substituents is 1. The number of carbonyl (C=O) groups is 1. The molecule has 0 heterocycles. The van der Waals surface area contributed by atoms with Crippen molar-refractivity contribution in [3.63, 3.8) is 0 Å². The summed E-state index contributed by atoms with van der Waals surface area (Å²) in [7, 11) is 0. The number of hydrogen-bond donors (Lipinski definition) is 1. The molecule has 0 bridgehead atoms. The third-order valence-corrected chi connectivity index (χ3v) is 2.34. The van der Waals surface area contributed by atoms with Crippen molar-refractivity contribution in [2.75, 3.05) is 5.32 Å². The van der Waals surface area contributed by atoms with Gasteiger partial charge in [0.2, 0.25) is 5.91 Å². The van der Waals surface area contributed by atoms with Gasteiger partial charge in [0.15, 0.2) is 0 Å². The van der Waals surface area contributed by atoms with Crippen molar-refractivity contribution in [3.8, 4) is 0 Å². The second-order valence-electron chi connectivity index (χ2n) is 4.07. The van der Waals surface area contributed by atoms with Gasteiger partial charge in [0, 0.05) is 18.2 Å². The smallest absolute Gasteiger partial charge is 0.289 e. The molecule has 1 aromatic carbocycles. The lowest BCUT2D eigenvalue weighted by molar-refractivity contribution is -0.384. The van der Waals surface area contributed by atoms with E-state index in [1.54, 1.807) is 0 Å². The zero-order chi connectivity index (χ0) is 13.0. The van der Waals surface area contributed by atoms with E-state index in [1.807, 2.05) is 13.8 Å². The number of anilines is 1. The van der Waals surface area contributed by atoms with E-state index in [4.69, 9.17) is 11.6 Å². The predicted molar refractivity (Wildman–Crippen MR) is 66.2 cm³/mol. The van der Waals surface area contributed by atoms with Crippen LogP contribution in [0.4, 0.5) is 11.4 Å². The summed E-state index contributed by atoms with van der Waals surface area (Å²) in [6.45, 7) is 3.84. The van der Waals surface area contributed by atoms with Crippen molar-refractivity contribution in [1.29, 1.82) is 0 Å². The largest absolute Gasteiger partial charge is 0.326 e. The molecule has 5 nitrogen and oxygen atoms in total. The molecule has 1 amide bonds. The third kappa shape index (κ3) is 4.03. The molecule has 92 valence electrons. The summed E-state index contributed by atoms with van der Waals surface area (Å²) in [4.78, 5) is 21.5. The van der Waals surface area contributed by atoms with Gasteiger partial charge < -0.3 is 5.32 Å². The summed E-state index contributed by atoms with van der Waals surface area (Å²) in [6, 6.07) is 4.18. The molecule has 0 unspecified atom stereocenters. The molecule has 0 saturated carbocycles. The fraction of sp³-hybridized carbons (Fsp3) is 0.364. The zero-order valence-corrected chi connectivity index (χ0v) is 10.3. The number of carbonyl (C=O) groups excluding carboxylic acids is 1. The molecular formula is C11H13ClN2O3. The Bertz CT molecular complexity index is 446. The van der Waals surface area contributed by atoms with Crippen LogP contribution in [0.3, 0.4) is 0 Å². The van der Waals surface area contributed by atoms with Gasteiger partial charge in [-0.15, -0.1) is 0 Å². The minimum atomic E-state index is -0.583. The summed E-state index contributed by atoms with van der Waals surface area (Å²) in [5.41, 5.74) is 0.167. The molecule has 1 rings (SSSR count). The Hall–Kier alpha value is -1.62. The minimum Gasteiger partial charge on any atom is -0.326 e. The van der Waals surface area contributed by atoms with Crippen LogP contribution in [0.15, 0.2) is 18.2 Å². The molecule has 1 aromatic rings. The molecule has 0 saturated heterocycles. The molecule has 0 radical (unpaired) electrons. The molecule has 6 heteroatoms. The summed E-state index contributed by atoms with van der Waals surface area (Å²) in [5.74, 6) is 0.0638. The lowest BCUT2D eigenvalue weighted by Gasteiger charge is -2.07. The monoisotopic (exact) mass is 256 g/mol. The van der Waals surface area contributed by atoms with Gasteiger partial charge in [-0.2, -0.15) is 0 Å². The molecular weight excluding hydrogens is 244 g/mol. The average Bonchev–Trinajstić information content (AvgIpc) is 2.19. The third-order valence-electron chi connectivity index (χ3n) is 2.02. The van der Waals surface area contributed by atoms with E-state index in [9.17, 15) is 14.9 Å². The normalized spacial score (nSPS) is 10.4. The van der Waals surface area contributed by atoms with Crippen molar-refractivity contribution in [2.45, 2.75) is 20.3 Å². The quantitative estimate of drug-likeness (QED) is 0.664. The van der Waals surface area contributed by atoms with E-state index in [-0.39, 0.29) is 22.5 Å². The Morgan fingerprint density at radius 3 is 2.71 bits per heavy atom. The summed E-state index contributed by atoms with van der Waals surface area (Å²) < 4.78 is 0. The first-order chi connectivity index (χ1) is 7.90. The Balaban J connectivity index is 2.82. The maximum Gasteiger partial charge on any atom is 0.289 e. The van der Waals surface area contributed by atoms with Crippen LogP contribution in [0, 0.1) is 16.0 Å². The van der Waals surface area contributed by atoms with Gasteiger partial charge in [-0.05, 0) is 18.1 Å². The van der Waals surface area contributed by atoms with Crippen molar-refractivity contribution >= 4 is 28.9 Å². The van der Waals surface area contributed by atoms with Crippen LogP contribution < -0.4 is 5.32 Å². The van der Waals surface area contributed by atoms with E-state index in [1.165, 1.54) is 18.2 Å². The second kappa shape index (κ2) is 5.63. The van der Waals surface area contributed by atoms with Gasteiger partial charge in [-0.1, -0.05) is 25.4 Å². The van der Waals surface area contributed by atoms with Crippen LogP contribution >= 0.6 is 11.6 Å². The van der Waals surface area contributed by atoms with Crippen LogP contribution in [0.25, 0.3) is 0 Å². The van der Waals surface area contributed by atoms with Gasteiger partial charge in [-0.25, -0.2) is 0 Å². The number of nitrogens with one attached hydrogen (secondary N) is 1. The Morgan fingerprint density at radius 1 is 1.53 bits per heavy atom. The van der Waals surface area contributed by atoms with Gasteiger partial charge >= 0.3 is 0 Å². The van der Waals surface area contributed by atoms with E-state index in [2.05, 4.69) is 5.32 Å². The van der Waals surface area contributed by atoms with Gasteiger partial charge in [-0.3, -0.25) is 14.9 Å². The van der Waals surface area contributed by atoms with Gasteiger partial charge in [0.25, 0.3) is 5.69 Å². The summed E-state index contributed by atoms with van der Waals surface area (Å²) in [5, 5.41) is 13.3. The fourth-order valence-electron chi connectivity index (χ4n) is 1.31. The lowest BCUT2D eigenvalue weighted by atomic mass is 10.1. The van der Waals surface area contributed by atoms with Crippen LogP contribution in [0.5, 0.6) is 0 Å². The van der Waals surface area contributed by atoms with E-state index < -0.39 is 4.92 Å². The predicted octanol–water partition coefficient (Wildman–Crippen LogP) is 3.23. The average molecular weight is 257 g/mol. The molecule has 0 aliphatic carbocycles. The number of benzene rings is 1. The maximum absolute atomic E-state index is 11.5. The number of nitrogens with zero attached hydrogens (tertiary/aromatic N) is 1. The number of amides is 1. The van der Waals surface area contributed by atoms with Crippen LogP contribution in [-0.2, 0) is 4.79 Å². The Kier molecular flexibility index (Phi) is 4.45. The number of hydrogen-bond acceptors (Lipinski definition) is 3. The number of halogens is 1. The molecule has 17 heavy (non-hydrogen) atoms. The summed E-state index contributed by atoms with van der Waals surface area (Å²) >= 11 is 5.66. The zero-order valence-electron chi connectivity index (χ0n) is 9.57. The van der Waals surface area contributed by atoms with Crippen LogP contribution in [0.2, 0.25) is 5.02 Å². The maximum atomic E-state index is 11.5. The molecule has 1 N–H and O–H groups in total. The first-order valence-electron chi connectivity index (χ1n) is 5.14. The van der Waals surface area contributed by atoms with Crippen molar-refractivity contribution < 1.29 is 9.72 Å². The highest BCUT2D eigenvalue weighted by Crippen LogP contribution is 2.27. The highest BCUT2D eigenvalue weighted by atomic mass is 35.5. The van der Waals surface area contributed by atoms with Crippen molar-refractivity contribution in [2.24, 2.45) is 5.92 Å². The molecule has 0 spiro atoms. The Labute approximate surface area is 104 Å². The summed E-state index contributed by atoms with van der Waals surface area (Å²) in [6.07, 6.45) is 0.371. The highest BCUT2D eigenvalue weighted by molar-refractivity contribution is 6.32. The first kappa shape index (κ1) is 13.4. The van der Waals surface area contributed by atoms with Crippen LogP contribution in [0.1, 0.15) is 20.3 Å². The molecule has 0 atom stereocenters. The van der Waals surface area contributed by atoms with Crippen molar-refractivity contribution in [3.05, 3.63) is 33.3 Å². The molecule has 0 aromatic heterocycles. The van der Waals surface area contributed by atoms with Crippen LogP contribution in [-0.4, -0.2) is 10.8 Å². The SMILES string of the molecule is CC(C)CC(=O)Nc1ccc(Cl)c([N+](=O)[O-])c1. The second-order valence-corrected chi connectivity index (χ2v) is 4.48. The standard InChI is InChI=1S/C11H13ClN2O3/c1-7(2)5-11(15)13-8-3-4-9(12)10(6-8)14(16)17/h3-4,6-7H,5H2,1-2H3,(H,13,15). The lowest BCUT2D eigenvalue weighted by Crippen LogP contribution is -2.13. The van der Waals surface area contributed by atoms with E-state index in [0.717, 1.165) is 0 Å². The van der Waals surface area contributed by atoms with E-state index in [0.29, 0.717) is 12.1 Å². The van der Waals surface area contributed by atoms with Gasteiger partial charge in [0.1, 0.15) is 5.02 Å². The molecule has 0 fully saturated rings. The molecule has 0 aliphatic heterocycles. The Morgan fingerprint density at radius 2 is 2.18 bits per heavy atom. The van der Waals surface area contributed by atoms with E-state index >= 15 is 0 Å². The van der Waals surface area contributed by atoms with Gasteiger partial charge in [0.05, 0.1) is 4.92 Å². The van der Waals surface area contributed by atoms with Crippen molar-refractivity contribution in [1.82, 2.24) is 0 Å². The fourth-order valence-corrected chi connectivity index (χ4v) is 1.50. The topological polar surface area (TPSA) is 72.2 Å². The minimum absolute atomic E-state index is 0.0526. The molecule has 0 aliphatic rings. The number of rotatable bonds is 4. The first-order valence-corrected chi connectivity index (χ1v) is 5.51.